The first-order valence-corrected chi connectivity index (χ1v) is 11.9. The van der Waals surface area contributed by atoms with Crippen molar-refractivity contribution in [2.75, 3.05) is 25.5 Å². The number of carbonyl (C=O) groups is 1. The topological polar surface area (TPSA) is 81.3 Å². The Balaban J connectivity index is 1.09. The van der Waals surface area contributed by atoms with Crippen LogP contribution in [0.2, 0.25) is 0 Å². The van der Waals surface area contributed by atoms with E-state index in [1.54, 1.807) is 24.3 Å². The van der Waals surface area contributed by atoms with Gasteiger partial charge in [0.1, 0.15) is 23.7 Å². The van der Waals surface area contributed by atoms with Crippen LogP contribution >= 0.6 is 0 Å². The molecule has 1 spiro atoms. The first-order valence-electron chi connectivity index (χ1n) is 11.9. The van der Waals surface area contributed by atoms with Gasteiger partial charge in [0.2, 0.25) is 0 Å². The first-order chi connectivity index (χ1) is 17.6. The number of methoxy groups -OCH3 is 1. The van der Waals surface area contributed by atoms with Crippen LogP contribution in [0, 0.1) is 0 Å². The Morgan fingerprint density at radius 3 is 2.53 bits per heavy atom. The molecule has 8 heteroatoms. The van der Waals surface area contributed by atoms with E-state index in [1.807, 2.05) is 66.7 Å². The molecule has 0 atom stereocenters. The number of piperidine rings is 1. The van der Waals surface area contributed by atoms with Crippen LogP contribution in [-0.4, -0.2) is 37.0 Å². The lowest BCUT2D eigenvalue weighted by molar-refractivity contribution is -0.153. The third kappa shape index (κ3) is 5.79. The summed E-state index contributed by atoms with van der Waals surface area (Å²) in [5.74, 6) is 1.52. The van der Waals surface area contributed by atoms with Gasteiger partial charge in [0, 0.05) is 24.3 Å². The van der Waals surface area contributed by atoms with Crippen LogP contribution in [-0.2, 0) is 16.3 Å². The molecule has 36 heavy (non-hydrogen) atoms. The number of carbonyl (C=O) groups excluding carboxylic acids is 1. The Morgan fingerprint density at radius 2 is 1.78 bits per heavy atom. The molecule has 2 N–H and O–H groups in total. The molecular weight excluding hydrogens is 458 g/mol. The molecular formula is C28H29N3O5. The lowest BCUT2D eigenvalue weighted by Gasteiger charge is -2.35. The smallest absolute Gasteiger partial charge is 0.430 e. The average Bonchev–Trinajstić information content (AvgIpc) is 3.34. The minimum absolute atomic E-state index is 0.426. The highest BCUT2D eigenvalue weighted by molar-refractivity contribution is 5.84. The molecule has 2 aliphatic rings. The first kappa shape index (κ1) is 23.7. The van der Waals surface area contributed by atoms with E-state index in [0.29, 0.717) is 38.2 Å². The van der Waals surface area contributed by atoms with Gasteiger partial charge in [-0.05, 0) is 60.9 Å². The Kier molecular flexibility index (Phi) is 7.06. The van der Waals surface area contributed by atoms with Gasteiger partial charge < -0.3 is 14.3 Å². The van der Waals surface area contributed by atoms with E-state index >= 15 is 0 Å². The SMILES string of the molecule is COc1cccc(C2=CC3(CCN(OC(=O)Nc4ccc(OCc5ccccc5)cc4)CC3)ON2)c1. The van der Waals surface area contributed by atoms with Crippen LogP contribution in [0.1, 0.15) is 24.0 Å². The fourth-order valence-electron chi connectivity index (χ4n) is 4.25. The number of rotatable bonds is 7. The number of amides is 1. The monoisotopic (exact) mass is 487 g/mol. The summed E-state index contributed by atoms with van der Waals surface area (Å²) in [5.41, 5.74) is 6.27. The average molecular weight is 488 g/mol. The molecule has 1 fully saturated rings. The summed E-state index contributed by atoms with van der Waals surface area (Å²) in [7, 11) is 1.65. The van der Waals surface area contributed by atoms with E-state index in [1.165, 1.54) is 0 Å². The van der Waals surface area contributed by atoms with Gasteiger partial charge >= 0.3 is 6.09 Å². The van der Waals surface area contributed by atoms with Crippen molar-refractivity contribution in [1.29, 1.82) is 0 Å². The number of ether oxygens (including phenoxy) is 2. The van der Waals surface area contributed by atoms with E-state index in [-0.39, 0.29) is 0 Å². The van der Waals surface area contributed by atoms with Crippen LogP contribution in [0.4, 0.5) is 10.5 Å². The molecule has 8 nitrogen and oxygen atoms in total. The van der Waals surface area contributed by atoms with Crippen LogP contribution in [0.15, 0.2) is 84.9 Å². The molecule has 0 aliphatic carbocycles. The Morgan fingerprint density at radius 1 is 1.00 bits per heavy atom. The molecule has 186 valence electrons. The van der Waals surface area contributed by atoms with Gasteiger partial charge in [-0.2, -0.15) is 0 Å². The van der Waals surface area contributed by atoms with Crippen molar-refractivity contribution in [3.8, 4) is 11.5 Å². The minimum Gasteiger partial charge on any atom is -0.497 e. The molecule has 0 radical (unpaired) electrons. The summed E-state index contributed by atoms with van der Waals surface area (Å²) in [5, 5.41) is 4.43. The normalized spacial score (nSPS) is 16.6. The van der Waals surface area contributed by atoms with Gasteiger partial charge in [0.05, 0.1) is 12.8 Å². The van der Waals surface area contributed by atoms with Gasteiger partial charge in [0.15, 0.2) is 0 Å². The highest BCUT2D eigenvalue weighted by Gasteiger charge is 2.39. The summed E-state index contributed by atoms with van der Waals surface area (Å²) in [6.07, 6.45) is 2.96. The fourth-order valence-corrected chi connectivity index (χ4v) is 4.25. The molecule has 0 saturated carbocycles. The Bertz CT molecular complexity index is 1210. The summed E-state index contributed by atoms with van der Waals surface area (Å²) in [6.45, 7) is 1.61. The van der Waals surface area contributed by atoms with Crippen molar-refractivity contribution in [2.45, 2.75) is 25.0 Å². The summed E-state index contributed by atoms with van der Waals surface area (Å²) >= 11 is 0. The highest BCUT2D eigenvalue weighted by Crippen LogP contribution is 2.35. The maximum Gasteiger partial charge on any atom is 0.430 e. The molecule has 0 aromatic heterocycles. The third-order valence-electron chi connectivity index (χ3n) is 6.28. The van der Waals surface area contributed by atoms with E-state index in [4.69, 9.17) is 19.1 Å². The molecule has 0 bridgehead atoms. The zero-order valence-corrected chi connectivity index (χ0v) is 20.1. The Hall–Kier alpha value is -4.01. The predicted octanol–water partition coefficient (Wildman–Crippen LogP) is 5.15. The third-order valence-corrected chi connectivity index (χ3v) is 6.28. The second-order valence-electron chi connectivity index (χ2n) is 8.79. The number of hydrogen-bond donors (Lipinski definition) is 2. The maximum absolute atomic E-state index is 12.4. The molecule has 3 aromatic carbocycles. The number of benzene rings is 3. The highest BCUT2D eigenvalue weighted by atomic mass is 16.7. The van der Waals surface area contributed by atoms with Crippen molar-refractivity contribution in [1.82, 2.24) is 10.5 Å². The fraction of sp³-hybridized carbons (Fsp3) is 0.250. The van der Waals surface area contributed by atoms with Gasteiger partial charge in [0.25, 0.3) is 0 Å². The molecule has 1 saturated heterocycles. The summed E-state index contributed by atoms with van der Waals surface area (Å²) in [4.78, 5) is 23.9. The summed E-state index contributed by atoms with van der Waals surface area (Å²) < 4.78 is 11.1. The lowest BCUT2D eigenvalue weighted by Crippen LogP contribution is -2.45. The predicted molar refractivity (Wildman–Crippen MR) is 136 cm³/mol. The molecule has 2 heterocycles. The number of hydrogen-bond acceptors (Lipinski definition) is 7. The van der Waals surface area contributed by atoms with E-state index in [0.717, 1.165) is 28.3 Å². The Labute approximate surface area is 210 Å². The van der Waals surface area contributed by atoms with E-state index in [2.05, 4.69) is 16.9 Å². The van der Waals surface area contributed by atoms with Crippen LogP contribution in [0.25, 0.3) is 5.70 Å². The van der Waals surface area contributed by atoms with Crippen molar-refractivity contribution >= 4 is 17.5 Å². The van der Waals surface area contributed by atoms with Crippen LogP contribution in [0.3, 0.4) is 0 Å². The van der Waals surface area contributed by atoms with E-state index in [9.17, 15) is 4.79 Å². The zero-order valence-electron chi connectivity index (χ0n) is 20.1. The van der Waals surface area contributed by atoms with Gasteiger partial charge in [-0.1, -0.05) is 42.5 Å². The van der Waals surface area contributed by atoms with Crippen molar-refractivity contribution < 1.29 is 23.9 Å². The number of nitrogens with zero attached hydrogens (tertiary/aromatic N) is 1. The van der Waals surface area contributed by atoms with Crippen molar-refractivity contribution in [2.24, 2.45) is 0 Å². The second-order valence-corrected chi connectivity index (χ2v) is 8.79. The largest absolute Gasteiger partial charge is 0.497 e. The standard InChI is InChI=1S/C28H29N3O5/c1-33-25-9-5-8-22(18-25)26-19-28(36-30-26)14-16-31(17-15-28)35-27(32)29-23-10-12-24(13-11-23)34-20-21-6-3-2-4-7-21/h2-13,18-19,30H,14-17,20H2,1H3,(H,29,32). The zero-order chi connectivity index (χ0) is 24.8. The molecule has 0 unspecified atom stereocenters. The van der Waals surface area contributed by atoms with Crippen molar-refractivity contribution in [3.63, 3.8) is 0 Å². The molecule has 1 amide bonds. The molecule has 5 rings (SSSR count). The number of anilines is 1. The molecule has 2 aliphatic heterocycles. The second kappa shape index (κ2) is 10.7. The van der Waals surface area contributed by atoms with Gasteiger partial charge in [-0.15, -0.1) is 5.06 Å². The van der Waals surface area contributed by atoms with Gasteiger partial charge in [-0.3, -0.25) is 15.6 Å². The minimum atomic E-state index is -0.526. The van der Waals surface area contributed by atoms with Gasteiger partial charge in [-0.25, -0.2) is 4.79 Å². The maximum atomic E-state index is 12.4. The van der Waals surface area contributed by atoms with Crippen LogP contribution in [0.5, 0.6) is 11.5 Å². The number of nitrogens with one attached hydrogen (secondary N) is 2. The van der Waals surface area contributed by atoms with Crippen LogP contribution < -0.4 is 20.3 Å². The van der Waals surface area contributed by atoms with Crippen molar-refractivity contribution in [3.05, 3.63) is 96.1 Å². The molecule has 3 aromatic rings. The summed E-state index contributed by atoms with van der Waals surface area (Å²) in [6, 6.07) is 25.0. The quantitative estimate of drug-likeness (QED) is 0.477. The number of hydroxylamine groups is 3. The van der Waals surface area contributed by atoms with E-state index < -0.39 is 11.7 Å². The lowest BCUT2D eigenvalue weighted by atomic mass is 9.91.